The van der Waals surface area contributed by atoms with Gasteiger partial charge in [0.25, 0.3) is 0 Å². The highest BCUT2D eigenvalue weighted by molar-refractivity contribution is 8.00. The van der Waals surface area contributed by atoms with Gasteiger partial charge in [0.15, 0.2) is 11.6 Å². The zero-order valence-electron chi connectivity index (χ0n) is 11.1. The molecule has 2 aromatic carbocycles. The average Bonchev–Trinajstić information content (AvgIpc) is 2.86. The van der Waals surface area contributed by atoms with Crippen LogP contribution in [-0.2, 0) is 0 Å². The molecule has 1 atom stereocenters. The van der Waals surface area contributed by atoms with E-state index in [0.29, 0.717) is 5.02 Å². The van der Waals surface area contributed by atoms with E-state index in [2.05, 4.69) is 5.32 Å². The molecule has 0 bridgehead atoms. The van der Waals surface area contributed by atoms with Crippen LogP contribution in [0.4, 0.5) is 14.5 Å². The first-order chi connectivity index (χ1) is 10.0. The molecule has 2 nitrogen and oxygen atoms in total. The Hall–Kier alpha value is -1.46. The van der Waals surface area contributed by atoms with Gasteiger partial charge in [-0.3, -0.25) is 0 Å². The minimum absolute atomic E-state index is 0.0328. The number of halogens is 3. The third-order valence-corrected chi connectivity index (χ3v) is 4.59. The highest BCUT2D eigenvalue weighted by atomic mass is 35.5. The molecule has 0 fully saturated rings. The fourth-order valence-electron chi connectivity index (χ4n) is 2.06. The van der Waals surface area contributed by atoms with Crippen molar-refractivity contribution in [3.8, 4) is 5.75 Å². The molecule has 2 aromatic rings. The largest absolute Gasteiger partial charge is 0.487 e. The van der Waals surface area contributed by atoms with Crippen molar-refractivity contribution in [2.24, 2.45) is 0 Å². The van der Waals surface area contributed by atoms with E-state index >= 15 is 0 Å². The summed E-state index contributed by atoms with van der Waals surface area (Å²) in [4.78, 5) is 1.07. The van der Waals surface area contributed by atoms with E-state index in [1.54, 1.807) is 11.8 Å². The van der Waals surface area contributed by atoms with Crippen LogP contribution in [-0.4, -0.2) is 12.0 Å². The molecule has 0 amide bonds. The summed E-state index contributed by atoms with van der Waals surface area (Å²) in [7, 11) is 0. The summed E-state index contributed by atoms with van der Waals surface area (Å²) < 4.78 is 32.5. The van der Waals surface area contributed by atoms with Gasteiger partial charge in [-0.2, -0.15) is 0 Å². The van der Waals surface area contributed by atoms with Crippen molar-refractivity contribution in [2.45, 2.75) is 17.2 Å². The number of rotatable bonds is 3. The first kappa shape index (κ1) is 14.5. The van der Waals surface area contributed by atoms with Crippen LogP contribution in [0.2, 0.25) is 5.02 Å². The number of benzene rings is 2. The van der Waals surface area contributed by atoms with E-state index in [-0.39, 0.29) is 23.3 Å². The van der Waals surface area contributed by atoms with Crippen LogP contribution in [0.15, 0.2) is 35.2 Å². The van der Waals surface area contributed by atoms with Crippen LogP contribution in [0, 0.1) is 18.6 Å². The number of hydrogen-bond donors (Lipinski definition) is 1. The van der Waals surface area contributed by atoms with Crippen molar-refractivity contribution < 1.29 is 13.5 Å². The van der Waals surface area contributed by atoms with E-state index in [0.717, 1.165) is 10.6 Å². The molecule has 1 heterocycles. The number of anilines is 1. The van der Waals surface area contributed by atoms with Crippen molar-refractivity contribution >= 4 is 29.1 Å². The van der Waals surface area contributed by atoms with Crippen molar-refractivity contribution in [2.75, 3.05) is 11.9 Å². The first-order valence-corrected chi connectivity index (χ1v) is 7.60. The third kappa shape index (κ3) is 2.94. The van der Waals surface area contributed by atoms with Crippen molar-refractivity contribution in [1.29, 1.82) is 0 Å². The summed E-state index contributed by atoms with van der Waals surface area (Å²) in [6.07, 6.45) is 0. The maximum atomic E-state index is 13.8. The van der Waals surface area contributed by atoms with Crippen LogP contribution >= 0.6 is 23.4 Å². The molecule has 1 unspecified atom stereocenters. The van der Waals surface area contributed by atoms with Crippen molar-refractivity contribution in [1.82, 2.24) is 0 Å². The normalized spacial score (nSPS) is 16.5. The van der Waals surface area contributed by atoms with Gasteiger partial charge in [-0.05, 0) is 37.3 Å². The second-order valence-corrected chi connectivity index (χ2v) is 6.37. The van der Waals surface area contributed by atoms with E-state index in [9.17, 15) is 8.78 Å². The Labute approximate surface area is 130 Å². The Kier molecular flexibility index (Phi) is 3.95. The second kappa shape index (κ2) is 5.73. The predicted molar refractivity (Wildman–Crippen MR) is 81.3 cm³/mol. The standard InChI is InChI=1S/C15H12ClF2NOS/c1-8-10(17)3-4-12(15(8)18)20-7-14-19-11-6-9(16)2-5-13(11)21-14/h2-6,14,19H,7H2,1H3. The molecule has 1 aliphatic heterocycles. The van der Waals surface area contributed by atoms with Gasteiger partial charge >= 0.3 is 0 Å². The summed E-state index contributed by atoms with van der Waals surface area (Å²) in [5.74, 6) is -1.17. The van der Waals surface area contributed by atoms with Gasteiger partial charge in [-0.1, -0.05) is 23.4 Å². The molecular formula is C15H12ClF2NOS. The molecule has 0 aromatic heterocycles. The molecule has 3 rings (SSSR count). The molecule has 0 saturated heterocycles. The zero-order chi connectivity index (χ0) is 15.0. The zero-order valence-corrected chi connectivity index (χ0v) is 12.7. The van der Waals surface area contributed by atoms with Crippen LogP contribution in [0.25, 0.3) is 0 Å². The van der Waals surface area contributed by atoms with E-state index < -0.39 is 11.6 Å². The fraction of sp³-hybridized carbons (Fsp3) is 0.200. The quantitative estimate of drug-likeness (QED) is 0.870. The van der Waals surface area contributed by atoms with E-state index in [1.165, 1.54) is 19.1 Å². The number of hydrogen-bond acceptors (Lipinski definition) is 3. The number of ether oxygens (including phenoxy) is 1. The molecular weight excluding hydrogens is 316 g/mol. The maximum Gasteiger partial charge on any atom is 0.170 e. The summed E-state index contributed by atoms with van der Waals surface area (Å²) in [6.45, 7) is 1.65. The fourth-order valence-corrected chi connectivity index (χ4v) is 3.26. The van der Waals surface area contributed by atoms with Gasteiger partial charge in [0.05, 0.1) is 5.69 Å². The smallest absolute Gasteiger partial charge is 0.170 e. The minimum Gasteiger partial charge on any atom is -0.487 e. The molecule has 0 aliphatic carbocycles. The average molecular weight is 328 g/mol. The maximum absolute atomic E-state index is 13.8. The molecule has 110 valence electrons. The number of fused-ring (bicyclic) bond motifs is 1. The van der Waals surface area contributed by atoms with Gasteiger partial charge in [-0.15, -0.1) is 0 Å². The third-order valence-electron chi connectivity index (χ3n) is 3.20. The van der Waals surface area contributed by atoms with Crippen molar-refractivity contribution in [3.05, 3.63) is 52.6 Å². The molecule has 21 heavy (non-hydrogen) atoms. The molecule has 6 heteroatoms. The Balaban J connectivity index is 1.66. The van der Waals surface area contributed by atoms with Gasteiger partial charge in [0, 0.05) is 15.5 Å². The van der Waals surface area contributed by atoms with Gasteiger partial charge < -0.3 is 10.1 Å². The van der Waals surface area contributed by atoms with Crippen LogP contribution < -0.4 is 10.1 Å². The van der Waals surface area contributed by atoms with Crippen LogP contribution in [0.1, 0.15) is 5.56 Å². The monoisotopic (exact) mass is 327 g/mol. The second-order valence-electron chi connectivity index (χ2n) is 4.69. The van der Waals surface area contributed by atoms with Crippen LogP contribution in [0.5, 0.6) is 5.75 Å². The molecule has 0 radical (unpaired) electrons. The van der Waals surface area contributed by atoms with Gasteiger partial charge in [0.1, 0.15) is 17.8 Å². The summed E-state index contributed by atoms with van der Waals surface area (Å²) >= 11 is 7.52. The molecule has 0 saturated carbocycles. The highest BCUT2D eigenvalue weighted by Crippen LogP contribution is 2.39. The molecule has 1 aliphatic rings. The Morgan fingerprint density at radius 3 is 2.90 bits per heavy atom. The van der Waals surface area contributed by atoms with E-state index in [1.807, 2.05) is 18.2 Å². The SMILES string of the molecule is Cc1c(F)ccc(OCC2Nc3cc(Cl)ccc3S2)c1F. The minimum atomic E-state index is -0.654. The molecule has 0 spiro atoms. The van der Waals surface area contributed by atoms with Gasteiger partial charge in [-0.25, -0.2) is 8.78 Å². The summed E-state index contributed by atoms with van der Waals surface area (Å²) in [5.41, 5.74) is 0.909. The van der Waals surface area contributed by atoms with Crippen molar-refractivity contribution in [3.63, 3.8) is 0 Å². The Morgan fingerprint density at radius 2 is 2.10 bits per heavy atom. The van der Waals surface area contributed by atoms with Crippen LogP contribution in [0.3, 0.4) is 0 Å². The summed E-state index contributed by atoms with van der Waals surface area (Å²) in [5, 5.41) is 3.87. The van der Waals surface area contributed by atoms with E-state index in [4.69, 9.17) is 16.3 Å². The lowest BCUT2D eigenvalue weighted by Crippen LogP contribution is -2.20. The molecule has 1 N–H and O–H groups in total. The topological polar surface area (TPSA) is 21.3 Å². The lowest BCUT2D eigenvalue weighted by molar-refractivity contribution is 0.306. The Bertz CT molecular complexity index is 696. The summed E-state index contributed by atoms with van der Waals surface area (Å²) in [6, 6.07) is 8.10. The predicted octanol–water partition coefficient (Wildman–Crippen LogP) is 4.85. The highest BCUT2D eigenvalue weighted by Gasteiger charge is 2.22. The first-order valence-electron chi connectivity index (χ1n) is 6.35. The lowest BCUT2D eigenvalue weighted by atomic mass is 10.2. The van der Waals surface area contributed by atoms with Gasteiger partial charge in [0.2, 0.25) is 0 Å². The number of nitrogens with one attached hydrogen (secondary N) is 1. The Morgan fingerprint density at radius 1 is 1.29 bits per heavy atom. The number of thioether (sulfide) groups is 1. The lowest BCUT2D eigenvalue weighted by Gasteiger charge is -2.13.